The molecule has 1 aliphatic rings. The number of benzene rings is 7. The van der Waals surface area contributed by atoms with Crippen molar-refractivity contribution in [3.05, 3.63) is 151 Å². The van der Waals surface area contributed by atoms with Crippen LogP contribution >= 0.6 is 0 Å². The summed E-state index contributed by atoms with van der Waals surface area (Å²) in [7, 11) is 0. The van der Waals surface area contributed by atoms with Crippen molar-refractivity contribution in [3.63, 3.8) is 0 Å². The van der Waals surface area contributed by atoms with Gasteiger partial charge in [-0.05, 0) is 72.8 Å². The van der Waals surface area contributed by atoms with E-state index in [9.17, 15) is 0 Å². The van der Waals surface area contributed by atoms with E-state index in [4.69, 9.17) is 15.0 Å². The number of aromatic nitrogens is 3. The molecule has 1 aliphatic carbocycles. The molecule has 3 nitrogen and oxygen atoms in total. The first-order valence-corrected chi connectivity index (χ1v) is 15.5. The highest BCUT2D eigenvalue weighted by molar-refractivity contribution is 6.26. The predicted molar refractivity (Wildman–Crippen MR) is 186 cm³/mol. The van der Waals surface area contributed by atoms with Crippen LogP contribution in [0.5, 0.6) is 0 Å². The maximum absolute atomic E-state index is 5.01. The van der Waals surface area contributed by atoms with Gasteiger partial charge >= 0.3 is 0 Å². The number of fused-ring (bicyclic) bond motifs is 9. The molecular weight excluding hydrogens is 546 g/mol. The minimum Gasteiger partial charge on any atom is -0.208 e. The lowest BCUT2D eigenvalue weighted by Gasteiger charge is -2.22. The summed E-state index contributed by atoms with van der Waals surface area (Å²) in [5, 5.41) is 7.49. The molecule has 212 valence electrons. The molecule has 1 heterocycles. The van der Waals surface area contributed by atoms with Crippen LogP contribution in [-0.2, 0) is 5.41 Å². The molecule has 3 heteroatoms. The topological polar surface area (TPSA) is 38.7 Å². The molecule has 0 amide bonds. The van der Waals surface area contributed by atoms with Crippen molar-refractivity contribution in [3.8, 4) is 45.3 Å². The van der Waals surface area contributed by atoms with Gasteiger partial charge in [0, 0.05) is 22.1 Å². The van der Waals surface area contributed by atoms with Gasteiger partial charge in [-0.25, -0.2) is 15.0 Å². The molecule has 8 aromatic rings. The molecule has 0 radical (unpaired) electrons. The van der Waals surface area contributed by atoms with Crippen LogP contribution < -0.4 is 0 Å². The fourth-order valence-corrected chi connectivity index (χ4v) is 7.22. The molecule has 45 heavy (non-hydrogen) atoms. The van der Waals surface area contributed by atoms with Gasteiger partial charge in [0.2, 0.25) is 0 Å². The SMILES string of the molecule is CC1(C)c2ccccc2-c2cc3c4ccc(-c5nc(-c6ccccc6)nc(-c6ccccc6)n5)cc4c4ccccc4c3cc21. The van der Waals surface area contributed by atoms with Crippen LogP contribution in [0.4, 0.5) is 0 Å². The normalized spacial score (nSPS) is 13.3. The van der Waals surface area contributed by atoms with Crippen LogP contribution in [0.15, 0.2) is 140 Å². The highest BCUT2D eigenvalue weighted by atomic mass is 15.0. The highest BCUT2D eigenvalue weighted by Gasteiger charge is 2.35. The van der Waals surface area contributed by atoms with Crippen LogP contribution in [0.1, 0.15) is 25.0 Å². The van der Waals surface area contributed by atoms with Gasteiger partial charge < -0.3 is 0 Å². The number of nitrogens with zero attached hydrogens (tertiary/aromatic N) is 3. The monoisotopic (exact) mass is 575 g/mol. The zero-order chi connectivity index (χ0) is 30.1. The van der Waals surface area contributed by atoms with E-state index in [0.717, 1.165) is 16.7 Å². The van der Waals surface area contributed by atoms with Crippen molar-refractivity contribution in [2.45, 2.75) is 19.3 Å². The van der Waals surface area contributed by atoms with E-state index in [1.165, 1.54) is 54.6 Å². The summed E-state index contributed by atoms with van der Waals surface area (Å²) in [6.07, 6.45) is 0. The molecule has 0 saturated heterocycles. The Bertz CT molecular complexity index is 2390. The van der Waals surface area contributed by atoms with E-state index in [2.05, 4.69) is 92.7 Å². The van der Waals surface area contributed by atoms with Crippen LogP contribution in [0.25, 0.3) is 77.6 Å². The lowest BCUT2D eigenvalue weighted by atomic mass is 9.81. The predicted octanol–water partition coefficient (Wildman–Crippen LogP) is 10.6. The molecule has 9 rings (SSSR count). The van der Waals surface area contributed by atoms with Crippen LogP contribution in [0, 0.1) is 0 Å². The molecule has 0 unspecified atom stereocenters. The van der Waals surface area contributed by atoms with Crippen molar-refractivity contribution in [2.24, 2.45) is 0 Å². The Labute approximate surface area is 261 Å². The summed E-state index contributed by atoms with van der Waals surface area (Å²) in [4.78, 5) is 14.9. The van der Waals surface area contributed by atoms with E-state index in [1.807, 2.05) is 60.7 Å². The Hall–Kier alpha value is -5.67. The number of hydrogen-bond donors (Lipinski definition) is 0. The zero-order valence-electron chi connectivity index (χ0n) is 25.1. The number of rotatable bonds is 3. The third kappa shape index (κ3) is 3.94. The van der Waals surface area contributed by atoms with E-state index in [1.54, 1.807) is 0 Å². The standard InChI is InChI=1S/C42H29N3/c1-42(2)37-20-12-11-19-32(37)36-24-34-31-22-21-28(23-33(31)29-17-9-10-18-30(29)35(34)25-38(36)42)41-44-39(26-13-5-3-6-14-26)43-40(45-41)27-15-7-4-8-16-27/h3-25H,1-2H3. The van der Waals surface area contributed by atoms with E-state index in [-0.39, 0.29) is 5.41 Å². The molecule has 1 aromatic heterocycles. The van der Waals surface area contributed by atoms with E-state index >= 15 is 0 Å². The molecule has 0 bridgehead atoms. The maximum Gasteiger partial charge on any atom is 0.164 e. The lowest BCUT2D eigenvalue weighted by Crippen LogP contribution is -2.14. The molecule has 0 aliphatic heterocycles. The summed E-state index contributed by atoms with van der Waals surface area (Å²) in [5.41, 5.74) is 8.31. The van der Waals surface area contributed by atoms with Gasteiger partial charge in [0.1, 0.15) is 0 Å². The second-order valence-electron chi connectivity index (χ2n) is 12.5. The van der Waals surface area contributed by atoms with Gasteiger partial charge in [-0.3, -0.25) is 0 Å². The first kappa shape index (κ1) is 25.8. The first-order valence-electron chi connectivity index (χ1n) is 15.5. The Balaban J connectivity index is 1.31. The van der Waals surface area contributed by atoms with E-state index in [0.29, 0.717) is 17.5 Å². The van der Waals surface area contributed by atoms with Crippen molar-refractivity contribution in [2.75, 3.05) is 0 Å². The molecule has 7 aromatic carbocycles. The second kappa shape index (κ2) is 9.67. The average Bonchev–Trinajstić information content (AvgIpc) is 3.33. The smallest absolute Gasteiger partial charge is 0.164 e. The Morgan fingerprint density at radius 2 is 0.844 bits per heavy atom. The molecule has 0 saturated carbocycles. The van der Waals surface area contributed by atoms with Crippen molar-refractivity contribution < 1.29 is 0 Å². The largest absolute Gasteiger partial charge is 0.208 e. The Morgan fingerprint density at radius 3 is 1.49 bits per heavy atom. The third-order valence-electron chi connectivity index (χ3n) is 9.50. The fourth-order valence-electron chi connectivity index (χ4n) is 7.22. The third-order valence-corrected chi connectivity index (χ3v) is 9.50. The summed E-state index contributed by atoms with van der Waals surface area (Å²) in [5.74, 6) is 2.00. The van der Waals surface area contributed by atoms with Crippen molar-refractivity contribution in [1.82, 2.24) is 15.0 Å². The second-order valence-corrected chi connectivity index (χ2v) is 12.5. The van der Waals surface area contributed by atoms with Gasteiger partial charge in [-0.15, -0.1) is 0 Å². The molecule has 0 fully saturated rings. The van der Waals surface area contributed by atoms with E-state index < -0.39 is 0 Å². The highest BCUT2D eigenvalue weighted by Crippen LogP contribution is 2.51. The maximum atomic E-state index is 5.01. The minimum absolute atomic E-state index is 0.0500. The average molecular weight is 576 g/mol. The van der Waals surface area contributed by atoms with Crippen LogP contribution in [0.3, 0.4) is 0 Å². The van der Waals surface area contributed by atoms with Gasteiger partial charge in [0.25, 0.3) is 0 Å². The van der Waals surface area contributed by atoms with Crippen molar-refractivity contribution >= 4 is 32.3 Å². The summed E-state index contributed by atoms with van der Waals surface area (Å²) >= 11 is 0. The summed E-state index contributed by atoms with van der Waals surface area (Å²) in [6.45, 7) is 4.70. The molecule has 0 spiro atoms. The minimum atomic E-state index is -0.0500. The van der Waals surface area contributed by atoms with Gasteiger partial charge in [0.05, 0.1) is 0 Å². The lowest BCUT2D eigenvalue weighted by molar-refractivity contribution is 0.661. The Morgan fingerprint density at radius 1 is 0.356 bits per heavy atom. The van der Waals surface area contributed by atoms with Crippen LogP contribution in [0.2, 0.25) is 0 Å². The zero-order valence-corrected chi connectivity index (χ0v) is 25.1. The molecular formula is C42H29N3. The van der Waals surface area contributed by atoms with Crippen molar-refractivity contribution in [1.29, 1.82) is 0 Å². The number of hydrogen-bond acceptors (Lipinski definition) is 3. The fraction of sp³-hybridized carbons (Fsp3) is 0.0714. The van der Waals surface area contributed by atoms with Gasteiger partial charge in [-0.2, -0.15) is 0 Å². The van der Waals surface area contributed by atoms with Gasteiger partial charge in [-0.1, -0.05) is 135 Å². The molecule has 0 atom stereocenters. The van der Waals surface area contributed by atoms with Crippen LogP contribution in [-0.4, -0.2) is 15.0 Å². The van der Waals surface area contributed by atoms with Gasteiger partial charge in [0.15, 0.2) is 17.5 Å². The summed E-state index contributed by atoms with van der Waals surface area (Å²) in [6, 6.07) is 49.5. The summed E-state index contributed by atoms with van der Waals surface area (Å²) < 4.78 is 0. The molecule has 0 N–H and O–H groups in total. The quantitative estimate of drug-likeness (QED) is 0.197. The Kier molecular flexibility index (Phi) is 5.54. The first-order chi connectivity index (χ1) is 22.1.